The van der Waals surface area contributed by atoms with E-state index in [9.17, 15) is 0 Å². The maximum atomic E-state index is 5.27. The first-order valence-corrected chi connectivity index (χ1v) is 7.81. The number of hydrogen-bond acceptors (Lipinski definition) is 1. The number of hydrogen-bond donors (Lipinski definition) is 0. The minimum atomic E-state index is 0.759. The Morgan fingerprint density at radius 1 is 1.00 bits per heavy atom. The molecule has 0 unspecified atom stereocenters. The second kappa shape index (κ2) is 7.19. The molecule has 0 spiro atoms. The van der Waals surface area contributed by atoms with Gasteiger partial charge < -0.3 is 4.74 Å². The van der Waals surface area contributed by atoms with E-state index in [0.29, 0.717) is 0 Å². The van der Waals surface area contributed by atoms with Gasteiger partial charge in [0.25, 0.3) is 0 Å². The molecule has 0 amide bonds. The van der Waals surface area contributed by atoms with Gasteiger partial charge in [-0.2, -0.15) is 0 Å². The Balaban J connectivity index is 2.00. The molecule has 0 saturated heterocycles. The van der Waals surface area contributed by atoms with Crippen LogP contribution in [0, 0.1) is 0 Å². The average molecular weight is 292 g/mol. The van der Waals surface area contributed by atoms with E-state index in [-0.39, 0.29) is 0 Å². The molecule has 2 nitrogen and oxygen atoms in total. The van der Waals surface area contributed by atoms with Crippen LogP contribution in [0.2, 0.25) is 0 Å². The minimum absolute atomic E-state index is 0.759. The summed E-state index contributed by atoms with van der Waals surface area (Å²) in [6, 6.07) is 21.2. The molecular weight excluding hydrogens is 270 g/mol. The third-order valence-corrected chi connectivity index (χ3v) is 4.02. The Labute approximate surface area is 132 Å². The van der Waals surface area contributed by atoms with Gasteiger partial charge in [-0.15, -0.1) is 0 Å². The van der Waals surface area contributed by atoms with Crippen molar-refractivity contribution in [3.05, 3.63) is 77.4 Å². The molecule has 0 aliphatic carbocycles. The summed E-state index contributed by atoms with van der Waals surface area (Å²) >= 11 is 0. The Morgan fingerprint density at radius 2 is 1.68 bits per heavy atom. The highest BCUT2D eigenvalue weighted by Crippen LogP contribution is 2.21. The van der Waals surface area contributed by atoms with Gasteiger partial charge in [0.15, 0.2) is 6.54 Å². The second-order valence-electron chi connectivity index (χ2n) is 5.52. The average Bonchev–Trinajstić information content (AvgIpc) is 2.97. The molecule has 22 heavy (non-hydrogen) atoms. The molecule has 0 N–H and O–H groups in total. The summed E-state index contributed by atoms with van der Waals surface area (Å²) in [5.74, 6) is 0. The molecule has 1 aliphatic rings. The van der Waals surface area contributed by atoms with Gasteiger partial charge in [-0.25, -0.2) is 4.58 Å². The van der Waals surface area contributed by atoms with Crippen molar-refractivity contribution in [3.8, 4) is 0 Å². The van der Waals surface area contributed by atoms with Crippen LogP contribution in [0.3, 0.4) is 0 Å². The van der Waals surface area contributed by atoms with E-state index in [1.165, 1.54) is 22.4 Å². The predicted molar refractivity (Wildman–Crippen MR) is 91.5 cm³/mol. The molecule has 0 atom stereocenters. The van der Waals surface area contributed by atoms with Crippen LogP contribution >= 0.6 is 0 Å². The van der Waals surface area contributed by atoms with Gasteiger partial charge in [-0.05, 0) is 23.8 Å². The molecule has 0 aromatic heterocycles. The fraction of sp³-hybridized carbons (Fsp3) is 0.250. The second-order valence-corrected chi connectivity index (χ2v) is 5.52. The van der Waals surface area contributed by atoms with Gasteiger partial charge in [-0.1, -0.05) is 48.5 Å². The largest absolute Gasteiger partial charge is 0.378 e. The van der Waals surface area contributed by atoms with Crippen LogP contribution in [-0.4, -0.2) is 37.1 Å². The zero-order valence-corrected chi connectivity index (χ0v) is 13.0. The lowest BCUT2D eigenvalue weighted by Gasteiger charge is -2.04. The third-order valence-electron chi connectivity index (χ3n) is 4.02. The van der Waals surface area contributed by atoms with E-state index < -0.39 is 0 Å². The van der Waals surface area contributed by atoms with Gasteiger partial charge in [0.2, 0.25) is 5.71 Å². The first kappa shape index (κ1) is 14.7. The zero-order valence-electron chi connectivity index (χ0n) is 13.0. The lowest BCUT2D eigenvalue weighted by molar-refractivity contribution is -0.522. The van der Waals surface area contributed by atoms with Crippen molar-refractivity contribution in [3.63, 3.8) is 0 Å². The van der Waals surface area contributed by atoms with Crippen LogP contribution in [-0.2, 0) is 4.74 Å². The van der Waals surface area contributed by atoms with Crippen molar-refractivity contribution in [2.24, 2.45) is 0 Å². The molecule has 0 radical (unpaired) electrons. The van der Waals surface area contributed by atoms with Crippen LogP contribution in [0.5, 0.6) is 0 Å². The van der Waals surface area contributed by atoms with Crippen molar-refractivity contribution in [2.45, 2.75) is 6.42 Å². The maximum Gasteiger partial charge on any atom is 0.210 e. The van der Waals surface area contributed by atoms with E-state index >= 15 is 0 Å². The molecular formula is C20H22NO+. The van der Waals surface area contributed by atoms with Crippen molar-refractivity contribution >= 4 is 11.8 Å². The van der Waals surface area contributed by atoms with E-state index in [1.54, 1.807) is 7.11 Å². The topological polar surface area (TPSA) is 12.2 Å². The van der Waals surface area contributed by atoms with Crippen LogP contribution in [0.15, 0.2) is 66.2 Å². The monoisotopic (exact) mass is 292 g/mol. The van der Waals surface area contributed by atoms with Crippen molar-refractivity contribution in [2.75, 3.05) is 26.8 Å². The summed E-state index contributed by atoms with van der Waals surface area (Å²) in [6.07, 6.45) is 3.40. The number of benzene rings is 2. The Hall–Kier alpha value is -2.19. The van der Waals surface area contributed by atoms with Crippen molar-refractivity contribution < 1.29 is 9.31 Å². The smallest absolute Gasteiger partial charge is 0.210 e. The molecule has 1 heterocycles. The third kappa shape index (κ3) is 3.34. The highest BCUT2D eigenvalue weighted by molar-refractivity contribution is 6.12. The molecule has 1 aliphatic heterocycles. The van der Waals surface area contributed by atoms with Gasteiger partial charge >= 0.3 is 0 Å². The minimum Gasteiger partial charge on any atom is -0.378 e. The Bertz CT molecular complexity index is 671. The normalized spacial score (nSPS) is 16.5. The molecule has 112 valence electrons. The number of nitrogens with zero attached hydrogens (tertiary/aromatic N) is 1. The van der Waals surface area contributed by atoms with E-state index in [1.807, 2.05) is 0 Å². The molecule has 2 heteroatoms. The Morgan fingerprint density at radius 3 is 2.36 bits per heavy atom. The summed E-state index contributed by atoms with van der Waals surface area (Å²) in [4.78, 5) is 0. The predicted octanol–water partition coefficient (Wildman–Crippen LogP) is 3.62. The first-order chi connectivity index (χ1) is 10.9. The highest BCUT2D eigenvalue weighted by Gasteiger charge is 2.28. The quantitative estimate of drug-likeness (QED) is 0.767. The van der Waals surface area contributed by atoms with Crippen molar-refractivity contribution in [1.82, 2.24) is 0 Å². The van der Waals surface area contributed by atoms with Crippen LogP contribution in [0.1, 0.15) is 17.5 Å². The molecule has 0 bridgehead atoms. The van der Waals surface area contributed by atoms with E-state index in [4.69, 9.17) is 4.74 Å². The summed E-state index contributed by atoms with van der Waals surface area (Å²) in [5, 5.41) is 0. The number of methoxy groups -OCH3 is 1. The van der Waals surface area contributed by atoms with Crippen LogP contribution < -0.4 is 0 Å². The lowest BCUT2D eigenvalue weighted by atomic mass is 10.00. The lowest BCUT2D eigenvalue weighted by Crippen LogP contribution is -2.21. The van der Waals surface area contributed by atoms with E-state index in [2.05, 4.69) is 71.3 Å². The van der Waals surface area contributed by atoms with E-state index in [0.717, 1.165) is 26.1 Å². The Kier molecular flexibility index (Phi) is 4.81. The summed E-state index contributed by atoms with van der Waals surface area (Å²) in [7, 11) is 1.76. The van der Waals surface area contributed by atoms with Crippen LogP contribution in [0.25, 0.3) is 6.08 Å². The molecule has 2 aromatic carbocycles. The summed E-state index contributed by atoms with van der Waals surface area (Å²) in [6.45, 7) is 2.76. The standard InChI is InChI=1S/C20H22NO/c1-22-15-14-21-13-12-19(16-17-8-4-2-5-9-17)20(21)18-10-6-3-7-11-18/h2-11,16H,12-15H2,1H3/q+1/b19-16+. The highest BCUT2D eigenvalue weighted by atomic mass is 16.5. The van der Waals surface area contributed by atoms with Crippen LogP contribution in [0.4, 0.5) is 0 Å². The zero-order chi connectivity index (χ0) is 15.2. The maximum absolute atomic E-state index is 5.27. The van der Waals surface area contributed by atoms with Crippen molar-refractivity contribution in [1.29, 1.82) is 0 Å². The number of rotatable bonds is 5. The van der Waals surface area contributed by atoms with Gasteiger partial charge in [0.05, 0.1) is 0 Å². The molecule has 0 saturated carbocycles. The molecule has 0 fully saturated rings. The first-order valence-electron chi connectivity index (χ1n) is 7.81. The van der Waals surface area contributed by atoms with Gasteiger partial charge in [-0.3, -0.25) is 0 Å². The fourth-order valence-electron chi connectivity index (χ4n) is 2.97. The fourth-order valence-corrected chi connectivity index (χ4v) is 2.97. The SMILES string of the molecule is COCC[N+]1=C(c2ccccc2)/C(=C/c2ccccc2)CC1. The summed E-state index contributed by atoms with van der Waals surface area (Å²) in [5.41, 5.74) is 5.31. The number of ether oxygens (including phenoxy) is 1. The molecule has 3 rings (SSSR count). The molecule has 2 aromatic rings. The summed E-state index contributed by atoms with van der Waals surface area (Å²) < 4.78 is 7.71. The van der Waals surface area contributed by atoms with Gasteiger partial charge in [0, 0.05) is 24.7 Å². The van der Waals surface area contributed by atoms with Gasteiger partial charge in [0.1, 0.15) is 13.2 Å².